The largest absolute Gasteiger partial charge is 0.493 e. The summed E-state index contributed by atoms with van der Waals surface area (Å²) in [4.78, 5) is 2.32. The summed E-state index contributed by atoms with van der Waals surface area (Å²) >= 11 is 6.57. The van der Waals surface area contributed by atoms with Crippen LogP contribution in [-0.4, -0.2) is 39.3 Å². The number of ether oxygens (including phenoxy) is 2. The zero-order chi connectivity index (χ0) is 14.9. The van der Waals surface area contributed by atoms with Crippen LogP contribution in [0.5, 0.6) is 11.5 Å². The summed E-state index contributed by atoms with van der Waals surface area (Å²) in [5.74, 6) is 1.81. The first kappa shape index (κ1) is 15.4. The van der Waals surface area contributed by atoms with E-state index in [1.807, 2.05) is 6.07 Å². The Morgan fingerprint density at radius 3 is 2.60 bits per heavy atom. The molecule has 2 N–H and O–H groups in total. The average Bonchev–Trinajstić information content (AvgIpc) is 2.79. The van der Waals surface area contributed by atoms with Crippen LogP contribution in [0.2, 0.25) is 5.02 Å². The molecule has 1 aromatic carbocycles. The smallest absolute Gasteiger partial charge is 0.179 e. The van der Waals surface area contributed by atoms with E-state index in [2.05, 4.69) is 18.9 Å². The monoisotopic (exact) mass is 298 g/mol. The molecule has 0 spiro atoms. The van der Waals surface area contributed by atoms with E-state index in [9.17, 15) is 0 Å². The molecule has 1 aromatic rings. The number of benzene rings is 1. The van der Waals surface area contributed by atoms with Gasteiger partial charge in [0, 0.05) is 12.6 Å². The fraction of sp³-hybridized carbons (Fsp3) is 0.600. The van der Waals surface area contributed by atoms with Crippen LogP contribution in [0.3, 0.4) is 0 Å². The SMILES string of the molecule is COc1cc(C)c(C2CC(CN)CN2C)c(Cl)c1OC. The summed E-state index contributed by atoms with van der Waals surface area (Å²) < 4.78 is 10.8. The molecule has 1 fully saturated rings. The minimum atomic E-state index is 0.288. The molecule has 0 aliphatic carbocycles. The minimum absolute atomic E-state index is 0.288. The van der Waals surface area contributed by atoms with Crippen molar-refractivity contribution in [1.29, 1.82) is 0 Å². The van der Waals surface area contributed by atoms with Gasteiger partial charge in [-0.05, 0) is 50.0 Å². The van der Waals surface area contributed by atoms with E-state index in [1.165, 1.54) is 0 Å². The maximum Gasteiger partial charge on any atom is 0.179 e. The number of halogens is 1. The molecule has 112 valence electrons. The van der Waals surface area contributed by atoms with Crippen LogP contribution >= 0.6 is 11.6 Å². The third-order valence-corrected chi connectivity index (χ3v) is 4.53. The quantitative estimate of drug-likeness (QED) is 0.928. The van der Waals surface area contributed by atoms with E-state index in [-0.39, 0.29) is 6.04 Å². The highest BCUT2D eigenvalue weighted by Crippen LogP contribution is 2.46. The molecule has 20 heavy (non-hydrogen) atoms. The number of likely N-dealkylation sites (tertiary alicyclic amines) is 1. The van der Waals surface area contributed by atoms with Gasteiger partial charge in [-0.2, -0.15) is 0 Å². The molecule has 1 heterocycles. The van der Waals surface area contributed by atoms with Gasteiger partial charge in [-0.3, -0.25) is 4.90 Å². The predicted octanol–water partition coefficient (Wildman–Crippen LogP) is 2.62. The van der Waals surface area contributed by atoms with Crippen molar-refractivity contribution in [3.05, 3.63) is 22.2 Å². The highest BCUT2D eigenvalue weighted by atomic mass is 35.5. The fourth-order valence-corrected chi connectivity index (χ4v) is 3.55. The van der Waals surface area contributed by atoms with E-state index >= 15 is 0 Å². The molecule has 2 unspecified atom stereocenters. The molecule has 1 aliphatic heterocycles. The van der Waals surface area contributed by atoms with E-state index in [0.29, 0.717) is 29.0 Å². The van der Waals surface area contributed by atoms with Gasteiger partial charge in [-0.25, -0.2) is 0 Å². The molecule has 0 saturated carbocycles. The second kappa shape index (κ2) is 6.20. The topological polar surface area (TPSA) is 47.7 Å². The van der Waals surface area contributed by atoms with Gasteiger partial charge in [0.1, 0.15) is 0 Å². The summed E-state index contributed by atoms with van der Waals surface area (Å²) in [6.45, 7) is 3.78. The second-order valence-electron chi connectivity index (χ2n) is 5.45. The molecule has 0 bridgehead atoms. The molecule has 4 nitrogen and oxygen atoms in total. The van der Waals surface area contributed by atoms with Crippen LogP contribution in [0.15, 0.2) is 6.07 Å². The molecular weight excluding hydrogens is 276 g/mol. The number of methoxy groups -OCH3 is 2. The van der Waals surface area contributed by atoms with Gasteiger partial charge in [0.25, 0.3) is 0 Å². The maximum absolute atomic E-state index is 6.57. The highest BCUT2D eigenvalue weighted by molar-refractivity contribution is 6.33. The Hall–Kier alpha value is -0.970. The fourth-order valence-electron chi connectivity index (χ4n) is 3.11. The van der Waals surface area contributed by atoms with Crippen LogP contribution in [-0.2, 0) is 0 Å². The molecule has 0 amide bonds. The van der Waals surface area contributed by atoms with Gasteiger partial charge in [0.05, 0.1) is 19.2 Å². The number of rotatable bonds is 4. The Morgan fingerprint density at radius 2 is 2.10 bits per heavy atom. The summed E-state index contributed by atoms with van der Waals surface area (Å²) in [6.07, 6.45) is 1.03. The summed E-state index contributed by atoms with van der Waals surface area (Å²) in [7, 11) is 5.36. The lowest BCUT2D eigenvalue weighted by molar-refractivity contribution is 0.310. The number of nitrogens with two attached hydrogens (primary N) is 1. The molecule has 0 aromatic heterocycles. The predicted molar refractivity (Wildman–Crippen MR) is 81.8 cm³/mol. The summed E-state index contributed by atoms with van der Waals surface area (Å²) in [5, 5.41) is 0.652. The number of aryl methyl sites for hydroxylation is 1. The van der Waals surface area contributed by atoms with Crippen molar-refractivity contribution in [2.24, 2.45) is 11.7 Å². The lowest BCUT2D eigenvalue weighted by Crippen LogP contribution is -2.21. The first-order chi connectivity index (χ1) is 9.53. The molecular formula is C15H23ClN2O2. The zero-order valence-electron chi connectivity index (χ0n) is 12.6. The number of hydrogen-bond donors (Lipinski definition) is 1. The third kappa shape index (κ3) is 2.60. The van der Waals surface area contributed by atoms with Gasteiger partial charge in [0.15, 0.2) is 11.5 Å². The Morgan fingerprint density at radius 1 is 1.40 bits per heavy atom. The van der Waals surface area contributed by atoms with Gasteiger partial charge in [-0.15, -0.1) is 0 Å². The number of nitrogens with zero attached hydrogens (tertiary/aromatic N) is 1. The van der Waals surface area contributed by atoms with Gasteiger partial charge in [-0.1, -0.05) is 11.6 Å². The molecule has 0 radical (unpaired) electrons. The zero-order valence-corrected chi connectivity index (χ0v) is 13.3. The van der Waals surface area contributed by atoms with Gasteiger partial charge < -0.3 is 15.2 Å². The summed E-state index contributed by atoms with van der Waals surface area (Å²) in [5.41, 5.74) is 8.06. The Kier molecular flexibility index (Phi) is 4.78. The lowest BCUT2D eigenvalue weighted by atomic mass is 9.95. The molecule has 1 aliphatic rings. The standard InChI is InChI=1S/C15H23ClN2O2/c1-9-5-12(19-3)15(20-4)14(16)13(9)11-6-10(7-17)8-18(11)2/h5,10-11H,6-8,17H2,1-4H3. The molecule has 5 heteroatoms. The van der Waals surface area contributed by atoms with Crippen molar-refractivity contribution in [2.75, 3.05) is 34.4 Å². The first-order valence-electron chi connectivity index (χ1n) is 6.84. The van der Waals surface area contributed by atoms with E-state index in [1.54, 1.807) is 14.2 Å². The normalized spacial score (nSPS) is 23.1. The van der Waals surface area contributed by atoms with Crippen LogP contribution in [0.4, 0.5) is 0 Å². The van der Waals surface area contributed by atoms with Crippen LogP contribution < -0.4 is 15.2 Å². The Bertz CT molecular complexity index is 493. The van der Waals surface area contributed by atoms with E-state index in [4.69, 9.17) is 26.8 Å². The van der Waals surface area contributed by atoms with Gasteiger partial charge in [0.2, 0.25) is 0 Å². The Labute approximate surface area is 125 Å². The van der Waals surface area contributed by atoms with E-state index in [0.717, 1.165) is 24.1 Å². The first-order valence-corrected chi connectivity index (χ1v) is 7.22. The molecule has 1 saturated heterocycles. The third-order valence-electron chi connectivity index (χ3n) is 4.16. The Balaban J connectivity index is 2.47. The molecule has 2 atom stereocenters. The van der Waals surface area contributed by atoms with Crippen molar-refractivity contribution < 1.29 is 9.47 Å². The highest BCUT2D eigenvalue weighted by Gasteiger charge is 2.33. The maximum atomic E-state index is 6.57. The van der Waals surface area contributed by atoms with Crippen molar-refractivity contribution in [1.82, 2.24) is 4.90 Å². The lowest BCUT2D eigenvalue weighted by Gasteiger charge is -2.24. The van der Waals surface area contributed by atoms with Gasteiger partial charge >= 0.3 is 0 Å². The average molecular weight is 299 g/mol. The van der Waals surface area contributed by atoms with Crippen LogP contribution in [0, 0.1) is 12.8 Å². The van der Waals surface area contributed by atoms with Crippen molar-refractivity contribution in [3.63, 3.8) is 0 Å². The van der Waals surface area contributed by atoms with Crippen molar-refractivity contribution in [2.45, 2.75) is 19.4 Å². The molecule has 2 rings (SSSR count). The van der Waals surface area contributed by atoms with Crippen molar-refractivity contribution >= 4 is 11.6 Å². The van der Waals surface area contributed by atoms with Crippen LogP contribution in [0.1, 0.15) is 23.6 Å². The summed E-state index contributed by atoms with van der Waals surface area (Å²) in [6, 6.07) is 2.28. The van der Waals surface area contributed by atoms with E-state index < -0.39 is 0 Å². The second-order valence-corrected chi connectivity index (χ2v) is 5.83. The minimum Gasteiger partial charge on any atom is -0.493 e. The van der Waals surface area contributed by atoms with Crippen LogP contribution in [0.25, 0.3) is 0 Å². The van der Waals surface area contributed by atoms with Crippen molar-refractivity contribution in [3.8, 4) is 11.5 Å². The number of hydrogen-bond acceptors (Lipinski definition) is 4.